The first kappa shape index (κ1) is 32.8. The summed E-state index contributed by atoms with van der Waals surface area (Å²) in [6.45, 7) is 4.72. The fourth-order valence-electron chi connectivity index (χ4n) is 9.60. The minimum atomic E-state index is -0.165. The smallest absolute Gasteiger partial charge is 0.143 e. The summed E-state index contributed by atoms with van der Waals surface area (Å²) in [7, 11) is 0. The number of furan rings is 1. The molecular formula is C55H36N2O. The second-order valence-corrected chi connectivity index (χ2v) is 16.1. The van der Waals surface area contributed by atoms with E-state index in [1.54, 1.807) is 12.4 Å². The molecule has 9 aromatic carbocycles. The zero-order valence-electron chi connectivity index (χ0n) is 32.1. The largest absolute Gasteiger partial charge is 0.455 e. The minimum Gasteiger partial charge on any atom is -0.455 e. The Kier molecular flexibility index (Phi) is 6.98. The van der Waals surface area contributed by atoms with Gasteiger partial charge in [-0.1, -0.05) is 153 Å². The van der Waals surface area contributed by atoms with E-state index in [1.165, 1.54) is 72.0 Å². The molecule has 12 rings (SSSR count). The Labute approximate surface area is 335 Å². The summed E-state index contributed by atoms with van der Waals surface area (Å²) in [4.78, 5) is 9.43. The van der Waals surface area contributed by atoms with Crippen molar-refractivity contribution in [3.05, 3.63) is 193 Å². The third-order valence-corrected chi connectivity index (χ3v) is 12.6. The third kappa shape index (κ3) is 4.86. The lowest BCUT2D eigenvalue weighted by Gasteiger charge is -2.22. The van der Waals surface area contributed by atoms with E-state index in [-0.39, 0.29) is 5.41 Å². The molecular weight excluding hydrogens is 705 g/mol. The number of para-hydroxylation sites is 2. The molecule has 2 heterocycles. The van der Waals surface area contributed by atoms with Gasteiger partial charge in [0.2, 0.25) is 0 Å². The molecule has 58 heavy (non-hydrogen) atoms. The van der Waals surface area contributed by atoms with Crippen LogP contribution in [0.25, 0.3) is 110 Å². The number of fused-ring (bicyclic) bond motifs is 12. The van der Waals surface area contributed by atoms with E-state index < -0.39 is 0 Å². The number of nitrogens with zero attached hydrogens (tertiary/aromatic N) is 2. The van der Waals surface area contributed by atoms with Gasteiger partial charge in [-0.15, -0.1) is 0 Å². The summed E-state index contributed by atoms with van der Waals surface area (Å²) in [6.07, 6.45) is 3.56. The fraction of sp³-hybridized carbons (Fsp3) is 0.0545. The summed E-state index contributed by atoms with van der Waals surface area (Å²) < 4.78 is 6.44. The average molecular weight is 741 g/mol. The van der Waals surface area contributed by atoms with E-state index in [2.05, 4.69) is 178 Å². The molecule has 0 atom stereocenters. The van der Waals surface area contributed by atoms with Crippen LogP contribution in [0, 0.1) is 0 Å². The normalized spacial score (nSPS) is 13.1. The van der Waals surface area contributed by atoms with Crippen molar-refractivity contribution >= 4 is 54.5 Å². The summed E-state index contributed by atoms with van der Waals surface area (Å²) in [5, 5.41) is 6.95. The predicted molar refractivity (Wildman–Crippen MR) is 241 cm³/mol. The molecule has 3 heteroatoms. The van der Waals surface area contributed by atoms with E-state index in [1.807, 2.05) is 6.07 Å². The molecule has 11 aromatic rings. The highest BCUT2D eigenvalue weighted by atomic mass is 16.3. The molecule has 1 aliphatic carbocycles. The van der Waals surface area contributed by atoms with Crippen LogP contribution >= 0.6 is 0 Å². The monoisotopic (exact) mass is 740 g/mol. The van der Waals surface area contributed by atoms with Gasteiger partial charge in [-0.25, -0.2) is 0 Å². The van der Waals surface area contributed by atoms with Crippen molar-refractivity contribution in [3.63, 3.8) is 0 Å². The standard InChI is InChI=1S/C55H36N2O/c1-55(2)49-31-38(21-24-42(49)43-25-23-39(32-50(43)55)40-14-8-15-47-44-12-5-6-16-51(44)58-54(40)47)36-10-7-9-35(29-36)33-17-19-34(20-18-33)37-22-26-46-48(30-37)41-11-3-4-13-45(41)52-53(46)57-28-27-56-52/h3-32H,1-2H3. The Morgan fingerprint density at radius 1 is 0.362 bits per heavy atom. The second-order valence-electron chi connectivity index (χ2n) is 16.1. The van der Waals surface area contributed by atoms with Crippen molar-refractivity contribution in [1.82, 2.24) is 9.97 Å². The van der Waals surface area contributed by atoms with E-state index in [4.69, 9.17) is 14.4 Å². The minimum absolute atomic E-state index is 0.165. The summed E-state index contributed by atoms with van der Waals surface area (Å²) in [6, 6.07) is 61.9. The Morgan fingerprint density at radius 3 is 1.62 bits per heavy atom. The number of aromatic nitrogens is 2. The molecule has 0 saturated heterocycles. The SMILES string of the molecule is CC1(C)c2cc(-c3cccc(-c4ccc(-c5ccc6c(c5)c5ccccc5c5nccnc65)cc4)c3)ccc2-c2ccc(-c3cccc4c3oc3ccccc34)cc21. The molecule has 1 aliphatic rings. The highest BCUT2D eigenvalue weighted by molar-refractivity contribution is 6.23. The first-order valence-electron chi connectivity index (χ1n) is 20.0. The van der Waals surface area contributed by atoms with Gasteiger partial charge >= 0.3 is 0 Å². The van der Waals surface area contributed by atoms with E-state index in [9.17, 15) is 0 Å². The highest BCUT2D eigenvalue weighted by Gasteiger charge is 2.36. The highest BCUT2D eigenvalue weighted by Crippen LogP contribution is 2.51. The zero-order chi connectivity index (χ0) is 38.5. The van der Waals surface area contributed by atoms with Gasteiger partial charge in [0.25, 0.3) is 0 Å². The van der Waals surface area contributed by atoms with Gasteiger partial charge in [-0.05, 0) is 102 Å². The van der Waals surface area contributed by atoms with Crippen LogP contribution in [-0.2, 0) is 5.41 Å². The molecule has 0 aliphatic heterocycles. The number of hydrogen-bond donors (Lipinski definition) is 0. The molecule has 0 saturated carbocycles. The van der Waals surface area contributed by atoms with Crippen LogP contribution in [0.3, 0.4) is 0 Å². The lowest BCUT2D eigenvalue weighted by atomic mass is 9.80. The van der Waals surface area contributed by atoms with Gasteiger partial charge in [0.15, 0.2) is 0 Å². The predicted octanol–water partition coefficient (Wildman–Crippen LogP) is 14.8. The fourth-order valence-corrected chi connectivity index (χ4v) is 9.60. The molecule has 0 bridgehead atoms. The zero-order valence-corrected chi connectivity index (χ0v) is 32.1. The van der Waals surface area contributed by atoms with E-state index in [0.717, 1.165) is 49.3 Å². The van der Waals surface area contributed by atoms with Gasteiger partial charge in [0.1, 0.15) is 11.2 Å². The molecule has 0 spiro atoms. The molecule has 2 aromatic heterocycles. The first-order valence-corrected chi connectivity index (χ1v) is 20.0. The molecule has 0 N–H and O–H groups in total. The van der Waals surface area contributed by atoms with Crippen LogP contribution in [-0.4, -0.2) is 9.97 Å². The molecule has 0 fully saturated rings. The van der Waals surface area contributed by atoms with E-state index in [0.29, 0.717) is 0 Å². The summed E-state index contributed by atoms with van der Waals surface area (Å²) >= 11 is 0. The Balaban J connectivity index is 0.863. The van der Waals surface area contributed by atoms with Gasteiger partial charge in [-0.2, -0.15) is 0 Å². The van der Waals surface area contributed by atoms with Crippen LogP contribution < -0.4 is 0 Å². The third-order valence-electron chi connectivity index (χ3n) is 12.6. The van der Waals surface area contributed by atoms with Crippen LogP contribution in [0.1, 0.15) is 25.0 Å². The Morgan fingerprint density at radius 2 is 0.879 bits per heavy atom. The number of hydrogen-bond acceptors (Lipinski definition) is 3. The van der Waals surface area contributed by atoms with E-state index >= 15 is 0 Å². The maximum atomic E-state index is 6.44. The maximum absolute atomic E-state index is 6.44. The molecule has 3 nitrogen and oxygen atoms in total. The summed E-state index contributed by atoms with van der Waals surface area (Å²) in [5.41, 5.74) is 18.4. The Bertz CT molecular complexity index is 3450. The van der Waals surface area contributed by atoms with Crippen LogP contribution in [0.2, 0.25) is 0 Å². The van der Waals surface area contributed by atoms with Crippen molar-refractivity contribution in [2.24, 2.45) is 0 Å². The molecule has 272 valence electrons. The molecule has 0 amide bonds. The van der Waals surface area contributed by atoms with Crippen molar-refractivity contribution in [2.75, 3.05) is 0 Å². The first-order chi connectivity index (χ1) is 28.5. The van der Waals surface area contributed by atoms with Crippen molar-refractivity contribution in [3.8, 4) is 55.6 Å². The quantitative estimate of drug-likeness (QED) is 0.169. The molecule has 0 radical (unpaired) electrons. The van der Waals surface area contributed by atoms with Crippen molar-refractivity contribution in [2.45, 2.75) is 19.3 Å². The number of benzene rings is 9. The molecule has 0 unspecified atom stereocenters. The van der Waals surface area contributed by atoms with Gasteiger partial charge in [0.05, 0.1) is 11.0 Å². The Hall–Kier alpha value is -7.36. The lowest BCUT2D eigenvalue weighted by molar-refractivity contribution is 0.660. The van der Waals surface area contributed by atoms with Gasteiger partial charge in [-0.3, -0.25) is 9.97 Å². The second kappa shape index (κ2) is 12.3. The summed E-state index contributed by atoms with van der Waals surface area (Å²) in [5.74, 6) is 0. The van der Waals surface area contributed by atoms with Crippen LogP contribution in [0.5, 0.6) is 0 Å². The van der Waals surface area contributed by atoms with Crippen LogP contribution in [0.15, 0.2) is 187 Å². The average Bonchev–Trinajstić information content (AvgIpc) is 3.78. The van der Waals surface area contributed by atoms with Gasteiger partial charge < -0.3 is 4.42 Å². The van der Waals surface area contributed by atoms with Crippen molar-refractivity contribution < 1.29 is 4.42 Å². The van der Waals surface area contributed by atoms with Crippen LogP contribution in [0.4, 0.5) is 0 Å². The van der Waals surface area contributed by atoms with Crippen molar-refractivity contribution in [1.29, 1.82) is 0 Å². The lowest BCUT2D eigenvalue weighted by Crippen LogP contribution is -2.15. The topological polar surface area (TPSA) is 38.9 Å². The number of rotatable bonds is 4. The maximum Gasteiger partial charge on any atom is 0.143 e. The van der Waals surface area contributed by atoms with Gasteiger partial charge in [0, 0.05) is 44.9 Å².